The molecule has 2 heterocycles. The molecule has 0 bridgehead atoms. The second-order valence-corrected chi connectivity index (χ2v) is 8.58. The zero-order valence-corrected chi connectivity index (χ0v) is 19.2. The Morgan fingerprint density at radius 1 is 1.13 bits per heavy atom. The highest BCUT2D eigenvalue weighted by molar-refractivity contribution is 7.72. The van der Waals surface area contributed by atoms with Gasteiger partial charge in [0.15, 0.2) is 9.54 Å². The largest absolute Gasteiger partial charge is 0.371 e. The number of carbonyl (C=O) groups excluding carboxylic acids is 1. The van der Waals surface area contributed by atoms with Crippen LogP contribution in [0.15, 0.2) is 42.5 Å². The van der Waals surface area contributed by atoms with E-state index in [-0.39, 0.29) is 5.91 Å². The van der Waals surface area contributed by atoms with Gasteiger partial charge in [-0.2, -0.15) is 0 Å². The van der Waals surface area contributed by atoms with E-state index in [1.165, 1.54) is 23.2 Å². The molecular formula is C23H27N5OS2. The fourth-order valence-corrected chi connectivity index (χ4v) is 4.66. The fraction of sp³-hybridized carbons (Fsp3) is 0.348. The molecule has 31 heavy (non-hydrogen) atoms. The number of hydrogen-bond acceptors (Lipinski definition) is 4. The molecule has 3 aromatic rings. The molecule has 0 spiro atoms. The number of H-pyrrole nitrogens is 2. The van der Waals surface area contributed by atoms with Crippen LogP contribution in [0.25, 0.3) is 5.69 Å². The Balaban J connectivity index is 1.34. The van der Waals surface area contributed by atoms with Gasteiger partial charge in [-0.3, -0.25) is 19.6 Å². The van der Waals surface area contributed by atoms with Crippen LogP contribution in [-0.4, -0.2) is 33.8 Å². The number of nitrogens with zero attached hydrogens (tertiary/aromatic N) is 2. The lowest BCUT2D eigenvalue weighted by Gasteiger charge is -2.31. The Kier molecular flexibility index (Phi) is 6.67. The average Bonchev–Trinajstić information content (AvgIpc) is 3.11. The molecule has 162 valence electrons. The van der Waals surface area contributed by atoms with Crippen LogP contribution < -0.4 is 10.2 Å². The molecule has 1 aliphatic rings. The van der Waals surface area contributed by atoms with Gasteiger partial charge in [0.1, 0.15) is 0 Å². The van der Waals surface area contributed by atoms with Crippen molar-refractivity contribution in [1.29, 1.82) is 0 Å². The first kappa shape index (κ1) is 21.5. The van der Waals surface area contributed by atoms with E-state index in [1.54, 1.807) is 4.57 Å². The summed E-state index contributed by atoms with van der Waals surface area (Å²) in [6.45, 7) is 4.14. The number of aryl methyl sites for hydroxylation is 2. The van der Waals surface area contributed by atoms with Gasteiger partial charge < -0.3 is 10.2 Å². The Hall–Kier alpha value is -2.71. The minimum Gasteiger partial charge on any atom is -0.371 e. The highest BCUT2D eigenvalue weighted by Crippen LogP contribution is 2.28. The highest BCUT2D eigenvalue weighted by Gasteiger charge is 2.17. The fourth-order valence-electron chi connectivity index (χ4n) is 4.10. The number of benzene rings is 2. The van der Waals surface area contributed by atoms with E-state index in [0.717, 1.165) is 43.7 Å². The lowest BCUT2D eigenvalue weighted by molar-refractivity contribution is -0.116. The Morgan fingerprint density at radius 2 is 1.94 bits per heavy atom. The summed E-state index contributed by atoms with van der Waals surface area (Å²) >= 11 is 10.5. The second kappa shape index (κ2) is 9.62. The highest BCUT2D eigenvalue weighted by atomic mass is 32.1. The number of hydrogen-bond donors (Lipinski definition) is 3. The summed E-state index contributed by atoms with van der Waals surface area (Å²) in [4.78, 5) is 14.9. The molecule has 0 fully saturated rings. The Bertz CT molecular complexity index is 1170. The summed E-state index contributed by atoms with van der Waals surface area (Å²) < 4.78 is 2.70. The van der Waals surface area contributed by atoms with Crippen molar-refractivity contribution in [3.05, 3.63) is 63.1 Å². The molecule has 0 saturated heterocycles. The van der Waals surface area contributed by atoms with Gasteiger partial charge >= 0.3 is 0 Å². The summed E-state index contributed by atoms with van der Waals surface area (Å²) in [6, 6.07) is 14.3. The van der Waals surface area contributed by atoms with Gasteiger partial charge in [0.05, 0.1) is 5.69 Å². The first-order valence-electron chi connectivity index (χ1n) is 10.7. The SMILES string of the molecule is CCc1ccc2c(c1)CCCN2CCCC(=O)Nc1cccc(-n2c(=S)[nH][nH]c2=S)c1. The van der Waals surface area contributed by atoms with E-state index in [1.807, 2.05) is 24.3 Å². The standard InChI is InChI=1S/C23H27N5OS2/c1-2-16-10-11-20-17(14-16)6-4-12-27(20)13-5-9-21(29)24-18-7-3-8-19(15-18)28-22(30)25-26-23(28)31/h3,7-8,10-11,14-15H,2,4-6,9,12-13H2,1H3,(H,24,29)(H,25,30)(H,26,31). The molecule has 0 radical (unpaired) electrons. The van der Waals surface area contributed by atoms with E-state index >= 15 is 0 Å². The zero-order valence-electron chi connectivity index (χ0n) is 17.6. The predicted octanol–water partition coefficient (Wildman–Crippen LogP) is 5.33. The molecule has 4 rings (SSSR count). The maximum atomic E-state index is 12.5. The van der Waals surface area contributed by atoms with Crippen LogP contribution in [0.5, 0.6) is 0 Å². The zero-order chi connectivity index (χ0) is 21.8. The van der Waals surface area contributed by atoms with Gasteiger partial charge in [0.25, 0.3) is 0 Å². The van der Waals surface area contributed by atoms with E-state index < -0.39 is 0 Å². The van der Waals surface area contributed by atoms with Crippen molar-refractivity contribution in [2.24, 2.45) is 0 Å². The first-order valence-corrected chi connectivity index (χ1v) is 11.5. The van der Waals surface area contributed by atoms with E-state index in [9.17, 15) is 4.79 Å². The lowest BCUT2D eigenvalue weighted by atomic mass is 9.98. The summed E-state index contributed by atoms with van der Waals surface area (Å²) in [5.74, 6) is 0.0125. The van der Waals surface area contributed by atoms with Crippen molar-refractivity contribution in [2.75, 3.05) is 23.3 Å². The van der Waals surface area contributed by atoms with Crippen molar-refractivity contribution >= 4 is 41.7 Å². The Morgan fingerprint density at radius 3 is 2.71 bits per heavy atom. The first-order chi connectivity index (χ1) is 15.0. The predicted molar refractivity (Wildman–Crippen MR) is 130 cm³/mol. The number of amides is 1. The summed E-state index contributed by atoms with van der Waals surface area (Å²) in [5, 5.41) is 8.65. The third-order valence-electron chi connectivity index (χ3n) is 5.67. The molecule has 1 amide bonds. The lowest BCUT2D eigenvalue weighted by Crippen LogP contribution is -2.31. The molecule has 0 saturated carbocycles. The molecule has 1 aromatic heterocycles. The van der Waals surface area contributed by atoms with Crippen LogP contribution in [0.2, 0.25) is 0 Å². The Labute approximate surface area is 192 Å². The van der Waals surface area contributed by atoms with Crippen LogP contribution in [0.3, 0.4) is 0 Å². The van der Waals surface area contributed by atoms with Crippen LogP contribution in [0, 0.1) is 9.54 Å². The summed E-state index contributed by atoms with van der Waals surface area (Å²) in [7, 11) is 0. The van der Waals surface area contributed by atoms with Crippen molar-refractivity contribution in [3.63, 3.8) is 0 Å². The van der Waals surface area contributed by atoms with Crippen molar-refractivity contribution in [2.45, 2.75) is 39.0 Å². The molecule has 0 aliphatic carbocycles. The van der Waals surface area contributed by atoms with Gasteiger partial charge in [0, 0.05) is 30.9 Å². The molecule has 3 N–H and O–H groups in total. The van der Waals surface area contributed by atoms with E-state index in [2.05, 4.69) is 45.5 Å². The van der Waals surface area contributed by atoms with Gasteiger partial charge in [-0.25, -0.2) is 0 Å². The van der Waals surface area contributed by atoms with Crippen LogP contribution in [0.4, 0.5) is 11.4 Å². The number of anilines is 2. The van der Waals surface area contributed by atoms with Gasteiger partial charge in [0.2, 0.25) is 5.91 Å². The summed E-state index contributed by atoms with van der Waals surface area (Å²) in [5.41, 5.74) is 5.70. The average molecular weight is 454 g/mol. The number of aromatic nitrogens is 3. The van der Waals surface area contributed by atoms with Crippen molar-refractivity contribution in [3.8, 4) is 5.69 Å². The second-order valence-electron chi connectivity index (χ2n) is 7.80. The van der Waals surface area contributed by atoms with Gasteiger partial charge in [-0.05, 0) is 85.5 Å². The third-order valence-corrected chi connectivity index (χ3v) is 6.24. The number of rotatable bonds is 7. The molecule has 0 unspecified atom stereocenters. The quantitative estimate of drug-likeness (QED) is 0.423. The number of carbonyl (C=O) groups is 1. The maximum Gasteiger partial charge on any atom is 0.224 e. The molecule has 8 heteroatoms. The molecule has 1 aliphatic heterocycles. The van der Waals surface area contributed by atoms with Crippen molar-refractivity contribution in [1.82, 2.24) is 14.8 Å². The van der Waals surface area contributed by atoms with Crippen LogP contribution >= 0.6 is 24.4 Å². The smallest absolute Gasteiger partial charge is 0.224 e. The third kappa shape index (κ3) is 4.97. The van der Waals surface area contributed by atoms with Crippen LogP contribution in [0.1, 0.15) is 37.3 Å². The molecule has 2 aromatic carbocycles. The van der Waals surface area contributed by atoms with Gasteiger partial charge in [-0.15, -0.1) is 0 Å². The van der Waals surface area contributed by atoms with E-state index in [0.29, 0.717) is 16.0 Å². The molecule has 6 nitrogen and oxygen atoms in total. The number of fused-ring (bicyclic) bond motifs is 1. The minimum atomic E-state index is 0.0125. The maximum absolute atomic E-state index is 12.5. The van der Waals surface area contributed by atoms with E-state index in [4.69, 9.17) is 24.4 Å². The minimum absolute atomic E-state index is 0.0125. The number of nitrogens with one attached hydrogen (secondary N) is 3. The van der Waals surface area contributed by atoms with Crippen LogP contribution in [-0.2, 0) is 17.6 Å². The summed E-state index contributed by atoms with van der Waals surface area (Å²) in [6.07, 6.45) is 4.67. The molecule has 0 atom stereocenters. The van der Waals surface area contributed by atoms with Crippen molar-refractivity contribution < 1.29 is 4.79 Å². The monoisotopic (exact) mass is 453 g/mol. The molecular weight excluding hydrogens is 426 g/mol. The normalized spacial score (nSPS) is 13.1. The topological polar surface area (TPSA) is 68.8 Å². The van der Waals surface area contributed by atoms with Gasteiger partial charge in [-0.1, -0.05) is 25.1 Å². The number of aromatic amines is 2.